The number of hydrogen-bond donors (Lipinski definition) is 8. The normalized spacial score (nSPS) is 13.6. The van der Waals surface area contributed by atoms with Gasteiger partial charge in [0, 0.05) is 36.6 Å². The maximum atomic E-state index is 13.4. The average molecular weight is 730 g/mol. The van der Waals surface area contributed by atoms with E-state index in [9.17, 15) is 61.4 Å². The number of carbonyl (C=O) groups excluding carboxylic acids is 5. The maximum absolute atomic E-state index is 13.4. The Bertz CT molecular complexity index is 1740. The molecule has 0 spiro atoms. The monoisotopic (exact) mass is 729 g/mol. The van der Waals surface area contributed by atoms with Gasteiger partial charge in [0.25, 0.3) is 0 Å². The standard InChI is InChI=1S/C30H34F3N5O13/c1-12(2)25(38-26(47)17(6-7-21(40)41)36-28(49)18(10-22(42)43)34-13(3)39)29(50)37-19(11-23(44)45)27(48)35-14-4-5-15-16(30(31,32)33)9-24(46)51-20(15)8-14/h4-5,8-9,12,17-19,25H,6-7,10-11H2,1-3H3,(H,34,39)(H,35,48)(H,36,49)(H,37,50)(H,38,47)(H,40,41)(H,42,43)(H,44,45)/t17-,18-,19-,25-/m0/s1. The van der Waals surface area contributed by atoms with Crippen molar-refractivity contribution in [3.8, 4) is 0 Å². The smallest absolute Gasteiger partial charge is 0.417 e. The van der Waals surface area contributed by atoms with Gasteiger partial charge in [-0.05, 0) is 24.5 Å². The Morgan fingerprint density at radius 3 is 1.80 bits per heavy atom. The van der Waals surface area contributed by atoms with Crippen molar-refractivity contribution in [2.75, 3.05) is 5.32 Å². The lowest BCUT2D eigenvalue weighted by Crippen LogP contribution is -2.59. The fourth-order valence-corrected chi connectivity index (χ4v) is 4.58. The number of hydrogen-bond acceptors (Lipinski definition) is 10. The molecule has 51 heavy (non-hydrogen) atoms. The fraction of sp³-hybridized carbons (Fsp3) is 0.433. The summed E-state index contributed by atoms with van der Waals surface area (Å²) in [7, 11) is 0. The summed E-state index contributed by atoms with van der Waals surface area (Å²) in [5.41, 5.74) is -3.45. The number of nitrogens with one attached hydrogen (secondary N) is 5. The molecule has 0 radical (unpaired) electrons. The molecule has 2 aromatic rings. The number of carbonyl (C=O) groups is 8. The fourth-order valence-electron chi connectivity index (χ4n) is 4.58. The second-order valence-corrected chi connectivity index (χ2v) is 11.4. The molecule has 1 aromatic carbocycles. The molecule has 0 aliphatic carbocycles. The first kappa shape index (κ1) is 41.2. The SMILES string of the molecule is CC(=O)N[C@@H](CC(=O)O)C(=O)N[C@@H](CCC(=O)O)C(=O)N[C@H](C(=O)N[C@@H](CC(=O)O)C(=O)Nc1ccc2c(C(F)(F)F)cc(=O)oc2c1)C(C)C. The van der Waals surface area contributed by atoms with Crippen LogP contribution in [0.15, 0.2) is 33.5 Å². The number of anilines is 1. The molecule has 0 aliphatic heterocycles. The number of benzene rings is 1. The minimum Gasteiger partial charge on any atom is -0.481 e. The summed E-state index contributed by atoms with van der Waals surface area (Å²) < 4.78 is 45.0. The minimum atomic E-state index is -4.92. The molecule has 1 aromatic heterocycles. The van der Waals surface area contributed by atoms with Crippen LogP contribution < -0.4 is 32.2 Å². The first-order chi connectivity index (χ1) is 23.6. The molecule has 18 nitrogen and oxygen atoms in total. The molecule has 0 unspecified atom stereocenters. The first-order valence-corrected chi connectivity index (χ1v) is 14.9. The van der Waals surface area contributed by atoms with Crippen molar-refractivity contribution in [2.45, 2.75) is 76.8 Å². The van der Waals surface area contributed by atoms with Crippen LogP contribution in [0.5, 0.6) is 0 Å². The van der Waals surface area contributed by atoms with Crippen molar-refractivity contribution in [1.82, 2.24) is 21.3 Å². The van der Waals surface area contributed by atoms with Crippen molar-refractivity contribution >= 4 is 64.1 Å². The molecule has 0 bridgehead atoms. The van der Waals surface area contributed by atoms with E-state index in [1.807, 2.05) is 0 Å². The van der Waals surface area contributed by atoms with E-state index in [1.54, 1.807) is 0 Å². The van der Waals surface area contributed by atoms with E-state index in [2.05, 4.69) is 26.6 Å². The molecule has 5 amide bonds. The predicted octanol–water partition coefficient (Wildman–Crippen LogP) is 0.180. The van der Waals surface area contributed by atoms with Gasteiger partial charge in [0.05, 0.1) is 18.4 Å². The molecular weight excluding hydrogens is 695 g/mol. The van der Waals surface area contributed by atoms with E-state index >= 15 is 0 Å². The van der Waals surface area contributed by atoms with Gasteiger partial charge in [-0.1, -0.05) is 13.8 Å². The van der Waals surface area contributed by atoms with Crippen LogP contribution in [-0.4, -0.2) is 86.9 Å². The van der Waals surface area contributed by atoms with E-state index in [0.717, 1.165) is 25.1 Å². The zero-order valence-corrected chi connectivity index (χ0v) is 27.1. The highest BCUT2D eigenvalue weighted by atomic mass is 19.4. The number of carboxylic acid groups (broad SMARTS) is 3. The summed E-state index contributed by atoms with van der Waals surface area (Å²) in [6.07, 6.45) is -8.08. The van der Waals surface area contributed by atoms with Gasteiger partial charge in [-0.25, -0.2) is 4.79 Å². The van der Waals surface area contributed by atoms with Gasteiger partial charge in [-0.3, -0.25) is 38.4 Å². The van der Waals surface area contributed by atoms with Crippen LogP contribution >= 0.6 is 0 Å². The lowest BCUT2D eigenvalue weighted by molar-refractivity contribution is -0.142. The number of alkyl halides is 3. The third-order valence-corrected chi connectivity index (χ3v) is 6.93. The highest BCUT2D eigenvalue weighted by Crippen LogP contribution is 2.34. The molecule has 278 valence electrons. The Kier molecular flexibility index (Phi) is 14.2. The summed E-state index contributed by atoms with van der Waals surface area (Å²) in [5, 5.41) is 38.0. The van der Waals surface area contributed by atoms with Crippen LogP contribution in [0, 0.1) is 5.92 Å². The number of carboxylic acids is 3. The van der Waals surface area contributed by atoms with Gasteiger partial charge in [0.1, 0.15) is 29.8 Å². The van der Waals surface area contributed by atoms with E-state index in [4.69, 9.17) is 14.6 Å². The molecule has 0 fully saturated rings. The first-order valence-electron chi connectivity index (χ1n) is 14.9. The van der Waals surface area contributed by atoms with Gasteiger partial charge < -0.3 is 46.3 Å². The molecule has 0 aliphatic rings. The third-order valence-electron chi connectivity index (χ3n) is 6.93. The van der Waals surface area contributed by atoms with Crippen molar-refractivity contribution in [2.24, 2.45) is 5.92 Å². The molecular formula is C30H34F3N5O13. The summed E-state index contributed by atoms with van der Waals surface area (Å²) in [6.45, 7) is 3.85. The predicted molar refractivity (Wildman–Crippen MR) is 166 cm³/mol. The highest BCUT2D eigenvalue weighted by Gasteiger charge is 2.35. The Balaban J connectivity index is 2.31. The molecule has 21 heteroatoms. The van der Waals surface area contributed by atoms with Gasteiger partial charge in [0.15, 0.2) is 0 Å². The van der Waals surface area contributed by atoms with Crippen LogP contribution in [0.3, 0.4) is 0 Å². The van der Waals surface area contributed by atoms with Crippen molar-refractivity contribution in [3.63, 3.8) is 0 Å². The molecule has 4 atom stereocenters. The molecule has 0 saturated heterocycles. The summed E-state index contributed by atoms with van der Waals surface area (Å²) in [5.74, 6) is -10.6. The second-order valence-electron chi connectivity index (χ2n) is 11.4. The lowest BCUT2D eigenvalue weighted by atomic mass is 10.0. The van der Waals surface area contributed by atoms with E-state index in [1.165, 1.54) is 13.8 Å². The van der Waals surface area contributed by atoms with Crippen LogP contribution in [0.2, 0.25) is 0 Å². The van der Waals surface area contributed by atoms with Crippen molar-refractivity contribution < 1.29 is 71.3 Å². The van der Waals surface area contributed by atoms with Gasteiger partial charge in [-0.2, -0.15) is 13.2 Å². The van der Waals surface area contributed by atoms with E-state index < -0.39 is 132 Å². The van der Waals surface area contributed by atoms with Crippen molar-refractivity contribution in [3.05, 3.63) is 40.2 Å². The quantitative estimate of drug-likeness (QED) is 0.101. The Hall–Kier alpha value is -6.02. The number of rotatable bonds is 17. The summed E-state index contributed by atoms with van der Waals surface area (Å²) in [4.78, 5) is 110. The highest BCUT2D eigenvalue weighted by molar-refractivity contribution is 6.01. The van der Waals surface area contributed by atoms with Crippen LogP contribution in [0.1, 0.15) is 52.0 Å². The number of amides is 5. The van der Waals surface area contributed by atoms with Crippen LogP contribution in [0.25, 0.3) is 11.0 Å². The maximum Gasteiger partial charge on any atom is 0.417 e. The number of aliphatic carboxylic acids is 3. The van der Waals surface area contributed by atoms with Crippen LogP contribution in [-0.2, 0) is 44.5 Å². The third kappa shape index (κ3) is 12.7. The Morgan fingerprint density at radius 1 is 0.745 bits per heavy atom. The van der Waals surface area contributed by atoms with Gasteiger partial charge in [0.2, 0.25) is 29.5 Å². The Morgan fingerprint density at radius 2 is 1.29 bits per heavy atom. The second kappa shape index (κ2) is 17.6. The summed E-state index contributed by atoms with van der Waals surface area (Å²) in [6, 6.07) is -3.73. The van der Waals surface area contributed by atoms with Crippen LogP contribution in [0.4, 0.5) is 18.9 Å². The lowest BCUT2D eigenvalue weighted by Gasteiger charge is -2.27. The van der Waals surface area contributed by atoms with Gasteiger partial charge in [-0.15, -0.1) is 0 Å². The number of halogens is 3. The molecule has 2 rings (SSSR count). The minimum absolute atomic E-state index is 0.243. The van der Waals surface area contributed by atoms with E-state index in [0.29, 0.717) is 0 Å². The largest absolute Gasteiger partial charge is 0.481 e. The summed E-state index contributed by atoms with van der Waals surface area (Å²) >= 11 is 0. The molecule has 0 saturated carbocycles. The van der Waals surface area contributed by atoms with Gasteiger partial charge >= 0.3 is 29.7 Å². The zero-order valence-electron chi connectivity index (χ0n) is 27.1. The van der Waals surface area contributed by atoms with E-state index in [-0.39, 0.29) is 11.8 Å². The Labute approximate surface area is 285 Å². The van der Waals surface area contributed by atoms with Crippen molar-refractivity contribution in [1.29, 1.82) is 0 Å². The zero-order chi connectivity index (χ0) is 38.8. The molecule has 1 heterocycles. The topological polar surface area (TPSA) is 288 Å². The number of fused-ring (bicyclic) bond motifs is 1. The molecule has 8 N–H and O–H groups in total. The average Bonchev–Trinajstić information content (AvgIpc) is 2.98.